The van der Waals surface area contributed by atoms with E-state index in [0.29, 0.717) is 11.3 Å². The van der Waals surface area contributed by atoms with E-state index in [-0.39, 0.29) is 20.1 Å². The molecule has 5 heterocycles. The van der Waals surface area contributed by atoms with Crippen LogP contribution in [-0.2, 0) is 26.5 Å². The molecule has 0 saturated heterocycles. The summed E-state index contributed by atoms with van der Waals surface area (Å²) < 4.78 is 27.2. The second-order valence-electron chi connectivity index (χ2n) is 14.5. The summed E-state index contributed by atoms with van der Waals surface area (Å²) in [6.07, 6.45) is 0.341. The Hall–Kier alpha value is -5.21. The van der Waals surface area contributed by atoms with E-state index in [9.17, 15) is 0 Å². The number of aryl methyl sites for hydroxylation is 3. The first-order valence-electron chi connectivity index (χ1n) is 19.1. The van der Waals surface area contributed by atoms with Crippen molar-refractivity contribution in [3.8, 4) is 28.3 Å². The number of hydrogen-bond donors (Lipinski definition) is 0. The Morgan fingerprint density at radius 2 is 1.47 bits per heavy atom. The van der Waals surface area contributed by atoms with Gasteiger partial charge in [-0.2, -0.15) is 0 Å². The van der Waals surface area contributed by atoms with E-state index in [2.05, 4.69) is 73.2 Å². The first-order valence-corrected chi connectivity index (χ1v) is 25.4. The first kappa shape index (κ1) is 35.5. The Kier molecular flexibility index (Phi) is 10.2. The van der Waals surface area contributed by atoms with E-state index in [0.717, 1.165) is 82.8 Å². The summed E-state index contributed by atoms with van der Waals surface area (Å²) in [5, 5.41) is 2.01. The van der Waals surface area contributed by atoms with Gasteiger partial charge in [0.15, 0.2) is 0 Å². The molecule has 0 bridgehead atoms. The van der Waals surface area contributed by atoms with Gasteiger partial charge in [0.25, 0.3) is 0 Å². The van der Waals surface area contributed by atoms with Gasteiger partial charge >= 0.3 is 144 Å². The summed E-state index contributed by atoms with van der Waals surface area (Å²) in [5.41, 5.74) is 11.1. The maximum absolute atomic E-state index is 8.85. The van der Waals surface area contributed by atoms with Crippen LogP contribution < -0.4 is 4.40 Å². The molecule has 0 aliphatic carbocycles. The molecule has 5 aromatic heterocycles. The third-order valence-electron chi connectivity index (χ3n) is 9.30. The number of aromatic nitrogens is 5. The molecule has 9 aromatic rings. The van der Waals surface area contributed by atoms with Crippen LogP contribution in [0.25, 0.3) is 61.4 Å². The minimum absolute atomic E-state index is 0. The average Bonchev–Trinajstić information content (AvgIpc) is 3.76. The molecule has 0 aliphatic rings. The molecule has 0 spiro atoms. The minimum Gasteiger partial charge on any atom is 0 e. The SMILES string of the molecule is Cc1cc(-n2c(-c3[c-]ccc4c3oc3nc(C)ccc34)nc3ccccc32)cc(C)n1.[2H]C([2H])(c1ccccc1)c1cc(-c2[c-]cccc2)nc[c]1[Ge]([CH3])([CH3])[CH3].[Ir]. The van der Waals surface area contributed by atoms with Crippen LogP contribution in [-0.4, -0.2) is 37.8 Å². The maximum atomic E-state index is 8.85. The largest absolute Gasteiger partial charge is 0 e. The zero-order chi connectivity index (χ0) is 39.2. The summed E-state index contributed by atoms with van der Waals surface area (Å²) in [6.45, 7) is 5.98. The Bertz CT molecular complexity index is 2850. The van der Waals surface area contributed by atoms with Gasteiger partial charge in [0, 0.05) is 48.3 Å². The van der Waals surface area contributed by atoms with Crippen LogP contribution in [0.15, 0.2) is 132 Å². The van der Waals surface area contributed by atoms with E-state index in [1.807, 2.05) is 124 Å². The van der Waals surface area contributed by atoms with Crippen molar-refractivity contribution in [1.82, 2.24) is 24.5 Å². The van der Waals surface area contributed by atoms with Crippen molar-refractivity contribution in [2.24, 2.45) is 0 Å². The third kappa shape index (κ3) is 7.97. The van der Waals surface area contributed by atoms with Crippen molar-refractivity contribution in [1.29, 1.82) is 0 Å². The van der Waals surface area contributed by atoms with Crippen LogP contribution in [0.2, 0.25) is 17.3 Å². The number of fused-ring (bicyclic) bond motifs is 4. The normalized spacial score (nSPS) is 12.2. The number of hydrogen-bond acceptors (Lipinski definition) is 5. The van der Waals surface area contributed by atoms with Crippen molar-refractivity contribution < 1.29 is 27.3 Å². The predicted molar refractivity (Wildman–Crippen MR) is 223 cm³/mol. The van der Waals surface area contributed by atoms with Crippen molar-refractivity contribution in [3.05, 3.63) is 168 Å². The maximum Gasteiger partial charge on any atom is 0 e. The van der Waals surface area contributed by atoms with Crippen LogP contribution in [0.5, 0.6) is 0 Å². The fourth-order valence-electron chi connectivity index (χ4n) is 6.81. The Labute approximate surface area is 341 Å². The predicted octanol–water partition coefficient (Wildman–Crippen LogP) is 10.8. The third-order valence-corrected chi connectivity index (χ3v) is 13.5. The van der Waals surface area contributed by atoms with Crippen molar-refractivity contribution in [2.45, 2.75) is 44.4 Å². The second-order valence-corrected chi connectivity index (χ2v) is 25.1. The van der Waals surface area contributed by atoms with Crippen molar-refractivity contribution in [2.75, 3.05) is 0 Å². The molecule has 0 aliphatic heterocycles. The second kappa shape index (κ2) is 15.9. The molecule has 9 rings (SSSR count). The van der Waals surface area contributed by atoms with Crippen LogP contribution >= 0.6 is 0 Å². The van der Waals surface area contributed by atoms with Gasteiger partial charge in [-0.05, 0) is 57.2 Å². The fraction of sp³-hybridized carbons (Fsp3) is 0.149. The summed E-state index contributed by atoms with van der Waals surface area (Å²) in [7, 11) is 0. The summed E-state index contributed by atoms with van der Waals surface area (Å²) >= 11 is -2.30. The average molecular weight is 959 g/mol. The molecule has 1 radical (unpaired) electrons. The smallest absolute Gasteiger partial charge is 0 e. The number of nitrogens with zero attached hydrogens (tertiary/aromatic N) is 5. The van der Waals surface area contributed by atoms with Gasteiger partial charge in [0.1, 0.15) is 0 Å². The molecule has 0 N–H and O–H groups in total. The quantitative estimate of drug-likeness (QED) is 0.123. The Balaban J connectivity index is 0.000000175. The van der Waals surface area contributed by atoms with Gasteiger partial charge in [-0.3, -0.25) is 9.97 Å². The molecule has 0 saturated carbocycles. The molecule has 0 unspecified atom stereocenters. The van der Waals surface area contributed by atoms with E-state index >= 15 is 0 Å². The summed E-state index contributed by atoms with van der Waals surface area (Å²) in [4.78, 5) is 18.7. The van der Waals surface area contributed by atoms with E-state index in [1.165, 1.54) is 0 Å². The van der Waals surface area contributed by atoms with Crippen LogP contribution in [0.1, 0.15) is 31.0 Å². The molecule has 6 nitrogen and oxygen atoms in total. The Morgan fingerprint density at radius 3 is 2.22 bits per heavy atom. The van der Waals surface area contributed by atoms with Crippen LogP contribution in [0, 0.1) is 32.9 Å². The van der Waals surface area contributed by atoms with Gasteiger partial charge in [0.05, 0.1) is 22.4 Å². The van der Waals surface area contributed by atoms with E-state index < -0.39 is 19.6 Å². The molecular formula is C47H41GeIrN5O-2. The van der Waals surface area contributed by atoms with Gasteiger partial charge < -0.3 is 8.98 Å². The van der Waals surface area contributed by atoms with Crippen LogP contribution in [0.3, 0.4) is 0 Å². The zero-order valence-corrected chi connectivity index (χ0v) is 36.1. The topological polar surface area (TPSA) is 69.6 Å². The van der Waals surface area contributed by atoms with Crippen LogP contribution in [0.4, 0.5) is 0 Å². The minimum atomic E-state index is -2.30. The molecule has 4 aromatic carbocycles. The van der Waals surface area contributed by atoms with Gasteiger partial charge in [0.2, 0.25) is 5.71 Å². The van der Waals surface area contributed by atoms with Gasteiger partial charge in [-0.15, -0.1) is 18.2 Å². The number of rotatable bonds is 6. The fourth-order valence-corrected chi connectivity index (χ4v) is 9.74. The summed E-state index contributed by atoms with van der Waals surface area (Å²) in [6, 6.07) is 45.9. The van der Waals surface area contributed by atoms with E-state index in [4.69, 9.17) is 12.1 Å². The Morgan fingerprint density at radius 1 is 0.727 bits per heavy atom. The molecule has 8 heteroatoms. The number of para-hydroxylation sites is 2. The number of benzene rings is 4. The van der Waals surface area contributed by atoms with Crippen molar-refractivity contribution in [3.63, 3.8) is 0 Å². The van der Waals surface area contributed by atoms with Gasteiger partial charge in [-0.25, -0.2) is 4.98 Å². The standard InChI is InChI=1S/C26H19N4O.C21H22GeN.Ir/c1-15-11-12-20-19-7-6-8-21(24(19)31-26(20)28-15)25-29-22-9-4-5-10-23(22)30(25)18-13-16(2)27-17(3)14-18;1-22(2,3)20-16-23-21(18-12-8-5-9-13-18)15-19(20)14-17-10-6-4-7-11-17;/h4-7,9-14H,1-3H3;4-12,15-16H,14H2,1-3H3;/q2*-1;/i;14D2;. The van der Waals surface area contributed by atoms with Gasteiger partial charge in [-0.1, -0.05) is 23.1 Å². The molecule has 275 valence electrons. The summed E-state index contributed by atoms with van der Waals surface area (Å²) in [5.74, 6) is 7.61. The molecule has 0 atom stereocenters. The first-order chi connectivity index (χ1) is 26.9. The monoisotopic (exact) mass is 960 g/mol. The zero-order valence-electron chi connectivity index (χ0n) is 33.6. The number of imidazole rings is 1. The molecule has 55 heavy (non-hydrogen) atoms. The molecule has 0 fully saturated rings. The molecular weight excluding hydrogens is 915 g/mol. The molecule has 0 amide bonds. The van der Waals surface area contributed by atoms with Crippen molar-refractivity contribution >= 4 is 50.8 Å². The number of pyridine rings is 3. The number of furan rings is 1. The van der Waals surface area contributed by atoms with E-state index in [1.54, 1.807) is 0 Å².